The molecule has 0 radical (unpaired) electrons. The van der Waals surface area contributed by atoms with Crippen molar-refractivity contribution in [1.29, 1.82) is 0 Å². The molecule has 0 amide bonds. The van der Waals surface area contributed by atoms with Gasteiger partial charge in [0.15, 0.2) is 21.4 Å². The van der Waals surface area contributed by atoms with Crippen LogP contribution in [0.2, 0.25) is 0 Å². The van der Waals surface area contributed by atoms with Crippen LogP contribution in [-0.2, 0) is 9.84 Å². The summed E-state index contributed by atoms with van der Waals surface area (Å²) in [5.74, 6) is -0.124. The van der Waals surface area contributed by atoms with E-state index in [1.165, 1.54) is 12.3 Å². The number of rotatable bonds is 7. The van der Waals surface area contributed by atoms with E-state index in [0.717, 1.165) is 5.56 Å². The molecule has 1 atom stereocenters. The lowest BCUT2D eigenvalue weighted by Gasteiger charge is -2.25. The van der Waals surface area contributed by atoms with E-state index in [9.17, 15) is 12.8 Å². The van der Waals surface area contributed by atoms with E-state index in [4.69, 9.17) is 4.74 Å². The summed E-state index contributed by atoms with van der Waals surface area (Å²) in [5, 5.41) is 0. The average Bonchev–Trinajstić information content (AvgIpc) is 2.55. The van der Waals surface area contributed by atoms with Gasteiger partial charge in [0.05, 0.1) is 4.90 Å². The molecule has 0 aliphatic carbocycles. The van der Waals surface area contributed by atoms with Crippen LogP contribution in [0.1, 0.15) is 18.5 Å². The molecule has 0 heterocycles. The summed E-state index contributed by atoms with van der Waals surface area (Å²) in [4.78, 5) is 2.38. The Balaban J connectivity index is 1.92. The van der Waals surface area contributed by atoms with Crippen LogP contribution in [0.3, 0.4) is 0 Å². The van der Waals surface area contributed by atoms with Gasteiger partial charge in [0.25, 0.3) is 0 Å². The first kappa shape index (κ1) is 18.4. The molecule has 0 aliphatic heterocycles. The zero-order valence-electron chi connectivity index (χ0n) is 14.1. The molecular weight excluding hydrogens is 329 g/mol. The van der Waals surface area contributed by atoms with Gasteiger partial charge >= 0.3 is 0 Å². The molecule has 0 aliphatic rings. The predicted molar refractivity (Wildman–Crippen MR) is 92.5 cm³/mol. The first-order valence-corrected chi connectivity index (χ1v) is 9.56. The molecule has 4 nitrogen and oxygen atoms in total. The van der Waals surface area contributed by atoms with E-state index in [2.05, 4.69) is 4.90 Å². The molecule has 0 N–H and O–H groups in total. The van der Waals surface area contributed by atoms with Crippen molar-refractivity contribution in [3.63, 3.8) is 0 Å². The van der Waals surface area contributed by atoms with E-state index in [-0.39, 0.29) is 17.6 Å². The van der Waals surface area contributed by atoms with Crippen molar-refractivity contribution >= 4 is 9.84 Å². The van der Waals surface area contributed by atoms with Gasteiger partial charge in [0.1, 0.15) is 6.61 Å². The van der Waals surface area contributed by atoms with Gasteiger partial charge in [0, 0.05) is 18.8 Å². The van der Waals surface area contributed by atoms with Crippen LogP contribution in [0.15, 0.2) is 53.4 Å². The lowest BCUT2D eigenvalue weighted by atomic mass is 10.1. The summed E-state index contributed by atoms with van der Waals surface area (Å²) in [6.45, 7) is 3.01. The van der Waals surface area contributed by atoms with Crippen LogP contribution in [0.4, 0.5) is 4.39 Å². The fourth-order valence-corrected chi connectivity index (χ4v) is 2.93. The second kappa shape index (κ2) is 7.77. The molecular formula is C18H22FNO3S. The minimum atomic E-state index is -3.18. The van der Waals surface area contributed by atoms with E-state index >= 15 is 0 Å². The van der Waals surface area contributed by atoms with E-state index < -0.39 is 9.84 Å². The number of ether oxygens (including phenoxy) is 1. The molecule has 6 heteroatoms. The number of sulfone groups is 1. The van der Waals surface area contributed by atoms with E-state index in [1.54, 1.807) is 30.3 Å². The minimum Gasteiger partial charge on any atom is -0.489 e. The quantitative estimate of drug-likeness (QED) is 0.768. The lowest BCUT2D eigenvalue weighted by Crippen LogP contribution is -2.27. The normalized spacial score (nSPS) is 13.0. The van der Waals surface area contributed by atoms with Gasteiger partial charge in [0.2, 0.25) is 0 Å². The van der Waals surface area contributed by atoms with Crippen LogP contribution in [-0.4, -0.2) is 39.8 Å². The monoisotopic (exact) mass is 351 g/mol. The van der Waals surface area contributed by atoms with Crippen molar-refractivity contribution in [3.8, 4) is 5.75 Å². The van der Waals surface area contributed by atoms with Crippen molar-refractivity contribution in [3.05, 3.63) is 59.9 Å². The number of halogens is 1. The van der Waals surface area contributed by atoms with Gasteiger partial charge < -0.3 is 4.74 Å². The maximum atomic E-state index is 13.5. The maximum Gasteiger partial charge on any atom is 0.175 e. The Morgan fingerprint density at radius 2 is 1.75 bits per heavy atom. The Hall–Kier alpha value is -1.92. The van der Waals surface area contributed by atoms with Crippen molar-refractivity contribution < 1.29 is 17.5 Å². The van der Waals surface area contributed by atoms with Gasteiger partial charge in [-0.3, -0.25) is 4.90 Å². The van der Waals surface area contributed by atoms with Gasteiger partial charge in [-0.05, 0) is 43.8 Å². The first-order chi connectivity index (χ1) is 11.3. The molecule has 0 saturated carbocycles. The Bertz CT molecular complexity index is 775. The van der Waals surface area contributed by atoms with Crippen molar-refractivity contribution in [2.45, 2.75) is 17.9 Å². The molecule has 0 fully saturated rings. The highest BCUT2D eigenvalue weighted by Gasteiger charge is 2.13. The van der Waals surface area contributed by atoms with Gasteiger partial charge in [-0.1, -0.05) is 24.3 Å². The number of likely N-dealkylation sites (N-methyl/N-ethyl adjacent to an activating group) is 1. The smallest absolute Gasteiger partial charge is 0.175 e. The highest BCUT2D eigenvalue weighted by molar-refractivity contribution is 7.90. The SMILES string of the molecule is CC(c1ccc(S(C)(=O)=O)cc1)N(C)CCOc1ccccc1F. The largest absolute Gasteiger partial charge is 0.489 e. The summed E-state index contributed by atoms with van der Waals surface area (Å²) in [6, 6.07) is 13.3. The molecule has 0 spiro atoms. The Kier molecular flexibility index (Phi) is 5.96. The van der Waals surface area contributed by atoms with E-state index in [1.807, 2.05) is 26.1 Å². The van der Waals surface area contributed by atoms with Crippen molar-refractivity contribution in [2.24, 2.45) is 0 Å². The highest BCUT2D eigenvalue weighted by Crippen LogP contribution is 2.21. The molecule has 1 unspecified atom stereocenters. The zero-order valence-corrected chi connectivity index (χ0v) is 14.9. The van der Waals surface area contributed by atoms with Gasteiger partial charge in [-0.25, -0.2) is 12.8 Å². The van der Waals surface area contributed by atoms with Crippen LogP contribution in [0.25, 0.3) is 0 Å². The number of hydrogen-bond acceptors (Lipinski definition) is 4. The highest BCUT2D eigenvalue weighted by atomic mass is 32.2. The fraction of sp³-hybridized carbons (Fsp3) is 0.333. The average molecular weight is 351 g/mol. The Morgan fingerprint density at radius 3 is 2.33 bits per heavy atom. The lowest BCUT2D eigenvalue weighted by molar-refractivity contribution is 0.197. The summed E-state index contributed by atoms with van der Waals surface area (Å²) >= 11 is 0. The van der Waals surface area contributed by atoms with Crippen LogP contribution in [0.5, 0.6) is 5.75 Å². The number of nitrogens with zero attached hydrogens (tertiary/aromatic N) is 1. The summed E-state index contributed by atoms with van der Waals surface area (Å²) < 4.78 is 41.9. The standard InChI is InChI=1S/C18H22FNO3S/c1-14(15-8-10-16(11-9-15)24(3,21)22)20(2)12-13-23-18-7-5-4-6-17(18)19/h4-11,14H,12-13H2,1-3H3. The molecule has 130 valence electrons. The first-order valence-electron chi connectivity index (χ1n) is 7.66. The van der Waals surface area contributed by atoms with Crippen molar-refractivity contribution in [1.82, 2.24) is 4.90 Å². The Morgan fingerprint density at radius 1 is 1.12 bits per heavy atom. The number of benzene rings is 2. The fourth-order valence-electron chi connectivity index (χ4n) is 2.30. The van der Waals surface area contributed by atoms with Crippen LogP contribution < -0.4 is 4.74 Å². The minimum absolute atomic E-state index is 0.0860. The summed E-state index contributed by atoms with van der Waals surface area (Å²) in [7, 11) is -1.24. The summed E-state index contributed by atoms with van der Waals surface area (Å²) in [6.07, 6.45) is 1.19. The van der Waals surface area contributed by atoms with Gasteiger partial charge in [-0.15, -0.1) is 0 Å². The molecule has 2 aromatic carbocycles. The summed E-state index contributed by atoms with van der Waals surface area (Å²) in [5.41, 5.74) is 1.01. The third-order valence-corrected chi connectivity index (χ3v) is 5.12. The molecule has 0 aromatic heterocycles. The zero-order chi connectivity index (χ0) is 17.7. The molecule has 0 saturated heterocycles. The number of para-hydroxylation sites is 1. The maximum absolute atomic E-state index is 13.5. The third-order valence-electron chi connectivity index (χ3n) is 3.99. The molecule has 2 rings (SSSR count). The van der Waals surface area contributed by atoms with Gasteiger partial charge in [-0.2, -0.15) is 0 Å². The topological polar surface area (TPSA) is 46.6 Å². The van der Waals surface area contributed by atoms with Crippen LogP contribution >= 0.6 is 0 Å². The molecule has 2 aromatic rings. The number of hydrogen-bond donors (Lipinski definition) is 0. The molecule has 0 bridgehead atoms. The second-order valence-electron chi connectivity index (χ2n) is 5.78. The van der Waals surface area contributed by atoms with Crippen molar-refractivity contribution in [2.75, 3.05) is 26.5 Å². The van der Waals surface area contributed by atoms with E-state index in [0.29, 0.717) is 18.0 Å². The molecule has 24 heavy (non-hydrogen) atoms. The Labute approximate surface area is 142 Å². The van der Waals surface area contributed by atoms with Crippen LogP contribution in [0, 0.1) is 5.82 Å². The predicted octanol–water partition coefficient (Wildman–Crippen LogP) is 3.30. The second-order valence-corrected chi connectivity index (χ2v) is 7.79. The third kappa shape index (κ3) is 4.79.